The SMILES string of the molecule is CCc1cc(NCc2ccc(-c3ccccc3-c3nnn[nH]3)cc2)n2nc(SC)nc2n1. The molecule has 0 amide bonds. The van der Waals surface area contributed by atoms with Gasteiger partial charge in [-0.3, -0.25) is 0 Å². The number of aromatic amines is 1. The van der Waals surface area contributed by atoms with Crippen LogP contribution in [0, 0.1) is 0 Å². The van der Waals surface area contributed by atoms with Crippen LogP contribution in [0.25, 0.3) is 28.3 Å². The summed E-state index contributed by atoms with van der Waals surface area (Å²) < 4.78 is 1.76. The van der Waals surface area contributed by atoms with E-state index in [4.69, 9.17) is 0 Å². The number of anilines is 1. The van der Waals surface area contributed by atoms with Crippen LogP contribution >= 0.6 is 11.8 Å². The van der Waals surface area contributed by atoms with Gasteiger partial charge in [0.1, 0.15) is 5.82 Å². The lowest BCUT2D eigenvalue weighted by Crippen LogP contribution is -2.07. The molecule has 3 aromatic heterocycles. The first kappa shape index (κ1) is 20.1. The molecule has 0 spiro atoms. The lowest BCUT2D eigenvalue weighted by molar-refractivity contribution is 0.865. The first-order valence-electron chi connectivity index (χ1n) is 10.2. The number of hydrogen-bond donors (Lipinski definition) is 2. The summed E-state index contributed by atoms with van der Waals surface area (Å²) in [4.78, 5) is 9.05. The Balaban J connectivity index is 1.38. The van der Waals surface area contributed by atoms with Crippen LogP contribution in [-0.4, -0.2) is 46.5 Å². The Labute approximate surface area is 188 Å². The molecule has 0 aliphatic rings. The van der Waals surface area contributed by atoms with Crippen LogP contribution in [0.1, 0.15) is 18.2 Å². The maximum Gasteiger partial charge on any atom is 0.255 e. The zero-order valence-electron chi connectivity index (χ0n) is 17.6. The van der Waals surface area contributed by atoms with Gasteiger partial charge in [0.2, 0.25) is 5.16 Å². The van der Waals surface area contributed by atoms with Gasteiger partial charge in [-0.25, -0.2) is 10.1 Å². The van der Waals surface area contributed by atoms with Crippen LogP contribution in [0.3, 0.4) is 0 Å². The topological polar surface area (TPSA) is 110 Å². The smallest absolute Gasteiger partial charge is 0.255 e. The number of aryl methyl sites for hydroxylation is 1. The van der Waals surface area contributed by atoms with Gasteiger partial charge in [-0.15, -0.1) is 10.2 Å². The van der Waals surface area contributed by atoms with Crippen molar-refractivity contribution in [2.75, 3.05) is 11.6 Å². The Morgan fingerprint density at radius 3 is 2.56 bits per heavy atom. The fourth-order valence-electron chi connectivity index (χ4n) is 3.50. The van der Waals surface area contributed by atoms with Gasteiger partial charge in [0.25, 0.3) is 5.78 Å². The molecule has 5 aromatic rings. The summed E-state index contributed by atoms with van der Waals surface area (Å²) in [6.45, 7) is 2.74. The molecule has 5 rings (SSSR count). The van der Waals surface area contributed by atoms with E-state index in [-0.39, 0.29) is 0 Å². The highest BCUT2D eigenvalue weighted by molar-refractivity contribution is 7.98. The van der Waals surface area contributed by atoms with E-state index in [9.17, 15) is 0 Å². The predicted molar refractivity (Wildman–Crippen MR) is 124 cm³/mol. The van der Waals surface area contributed by atoms with E-state index >= 15 is 0 Å². The second kappa shape index (κ2) is 8.75. The Bertz CT molecular complexity index is 1340. The summed E-state index contributed by atoms with van der Waals surface area (Å²) in [5.41, 5.74) is 5.27. The number of nitrogens with zero attached hydrogens (tertiary/aromatic N) is 7. The van der Waals surface area contributed by atoms with Crippen molar-refractivity contribution in [1.29, 1.82) is 0 Å². The quantitative estimate of drug-likeness (QED) is 0.365. The number of aromatic nitrogens is 8. The number of H-pyrrole nitrogens is 1. The van der Waals surface area contributed by atoms with Crippen LogP contribution in [0.15, 0.2) is 59.8 Å². The maximum absolute atomic E-state index is 4.57. The third-order valence-corrected chi connectivity index (χ3v) is 5.69. The lowest BCUT2D eigenvalue weighted by atomic mass is 9.98. The third-order valence-electron chi connectivity index (χ3n) is 5.16. The fourth-order valence-corrected chi connectivity index (χ4v) is 3.84. The van der Waals surface area contributed by atoms with Crippen LogP contribution in [-0.2, 0) is 13.0 Å². The normalized spacial score (nSPS) is 11.2. The molecule has 0 aliphatic carbocycles. The van der Waals surface area contributed by atoms with E-state index in [1.807, 2.05) is 30.5 Å². The molecule has 2 N–H and O–H groups in total. The van der Waals surface area contributed by atoms with Gasteiger partial charge in [-0.2, -0.15) is 9.50 Å². The molecule has 32 heavy (non-hydrogen) atoms. The van der Waals surface area contributed by atoms with Gasteiger partial charge in [0, 0.05) is 23.9 Å². The van der Waals surface area contributed by atoms with Crippen molar-refractivity contribution < 1.29 is 0 Å². The third kappa shape index (κ3) is 3.92. The average molecular weight is 444 g/mol. The number of rotatable bonds is 7. The number of thioether (sulfide) groups is 1. The highest BCUT2D eigenvalue weighted by atomic mass is 32.2. The van der Waals surface area contributed by atoms with Crippen molar-refractivity contribution in [3.63, 3.8) is 0 Å². The number of nitrogens with one attached hydrogen (secondary N) is 2. The van der Waals surface area contributed by atoms with E-state index in [0.29, 0.717) is 23.3 Å². The molecule has 160 valence electrons. The Hall–Kier alpha value is -3.79. The van der Waals surface area contributed by atoms with Crippen molar-refractivity contribution >= 4 is 23.4 Å². The summed E-state index contributed by atoms with van der Waals surface area (Å²) in [7, 11) is 0. The molecule has 0 aliphatic heterocycles. The van der Waals surface area contributed by atoms with Crippen molar-refractivity contribution in [2.24, 2.45) is 0 Å². The second-order valence-electron chi connectivity index (χ2n) is 7.14. The van der Waals surface area contributed by atoms with Crippen molar-refractivity contribution in [1.82, 2.24) is 40.2 Å². The minimum atomic E-state index is 0.616. The maximum atomic E-state index is 4.57. The summed E-state index contributed by atoms with van der Waals surface area (Å²) in [6, 6.07) is 18.6. The van der Waals surface area contributed by atoms with Crippen LogP contribution in [0.4, 0.5) is 5.82 Å². The first-order valence-corrected chi connectivity index (χ1v) is 11.4. The van der Waals surface area contributed by atoms with E-state index in [1.54, 1.807) is 4.52 Å². The Kier molecular flexibility index (Phi) is 5.51. The minimum absolute atomic E-state index is 0.616. The zero-order valence-corrected chi connectivity index (χ0v) is 18.5. The zero-order chi connectivity index (χ0) is 21.9. The van der Waals surface area contributed by atoms with Crippen LogP contribution in [0.2, 0.25) is 0 Å². The number of tetrazole rings is 1. The second-order valence-corrected chi connectivity index (χ2v) is 7.92. The lowest BCUT2D eigenvalue weighted by Gasteiger charge is -2.11. The average Bonchev–Trinajstić information content (AvgIpc) is 3.53. The molecule has 9 nitrogen and oxygen atoms in total. The van der Waals surface area contributed by atoms with E-state index in [2.05, 4.69) is 78.3 Å². The summed E-state index contributed by atoms with van der Waals surface area (Å²) in [5, 5.41) is 23.0. The van der Waals surface area contributed by atoms with Gasteiger partial charge in [0.05, 0.1) is 0 Å². The molecule has 2 aromatic carbocycles. The van der Waals surface area contributed by atoms with Gasteiger partial charge in [-0.1, -0.05) is 67.2 Å². The van der Waals surface area contributed by atoms with Gasteiger partial charge in [-0.05, 0) is 39.8 Å². The van der Waals surface area contributed by atoms with Crippen LogP contribution in [0.5, 0.6) is 0 Å². The molecule has 0 bridgehead atoms. The largest absolute Gasteiger partial charge is 0.366 e. The molecule has 0 radical (unpaired) electrons. The predicted octanol–water partition coefficient (Wildman–Crippen LogP) is 3.87. The number of hydrogen-bond acceptors (Lipinski definition) is 8. The molecule has 0 saturated heterocycles. The monoisotopic (exact) mass is 443 g/mol. The highest BCUT2D eigenvalue weighted by Crippen LogP contribution is 2.29. The molecule has 0 fully saturated rings. The first-order chi connectivity index (χ1) is 15.7. The van der Waals surface area contributed by atoms with Crippen molar-refractivity contribution in [2.45, 2.75) is 25.0 Å². The van der Waals surface area contributed by atoms with Crippen LogP contribution < -0.4 is 5.32 Å². The molecular formula is C22H21N9S. The van der Waals surface area contributed by atoms with Gasteiger partial charge >= 0.3 is 0 Å². The fraction of sp³-hybridized carbons (Fsp3) is 0.182. The van der Waals surface area contributed by atoms with Gasteiger partial charge in [0.15, 0.2) is 5.82 Å². The van der Waals surface area contributed by atoms with E-state index in [0.717, 1.165) is 40.2 Å². The summed E-state index contributed by atoms with van der Waals surface area (Å²) in [6.07, 6.45) is 2.79. The Morgan fingerprint density at radius 2 is 1.84 bits per heavy atom. The molecule has 0 atom stereocenters. The highest BCUT2D eigenvalue weighted by Gasteiger charge is 2.12. The molecule has 10 heteroatoms. The minimum Gasteiger partial charge on any atom is -0.366 e. The summed E-state index contributed by atoms with van der Waals surface area (Å²) in [5.74, 6) is 2.15. The Morgan fingerprint density at radius 1 is 1.03 bits per heavy atom. The number of fused-ring (bicyclic) bond motifs is 1. The standard InChI is InChI=1S/C22H21N9S/c1-3-16-12-19(31-21(24-16)25-22(28-31)32-2)23-13-14-8-10-15(11-9-14)17-6-4-5-7-18(17)20-26-29-30-27-20/h4-12,23H,3,13H2,1-2H3,(H,26,27,29,30). The number of benzene rings is 2. The molecule has 0 unspecified atom stereocenters. The van der Waals surface area contributed by atoms with Crippen molar-refractivity contribution in [3.8, 4) is 22.5 Å². The molecule has 3 heterocycles. The molecule has 0 saturated carbocycles. The van der Waals surface area contributed by atoms with E-state index < -0.39 is 0 Å². The summed E-state index contributed by atoms with van der Waals surface area (Å²) >= 11 is 1.51. The van der Waals surface area contributed by atoms with E-state index in [1.165, 1.54) is 11.8 Å². The van der Waals surface area contributed by atoms with Gasteiger partial charge < -0.3 is 5.32 Å². The molecular weight excluding hydrogens is 422 g/mol. The van der Waals surface area contributed by atoms with Crippen molar-refractivity contribution in [3.05, 3.63) is 65.9 Å².